The maximum absolute atomic E-state index is 4.31. The number of hydrogen-bond donors (Lipinski definition) is 0. The molecular formula is C12H17BrN2. The van der Waals surface area contributed by atoms with Crippen LogP contribution in [-0.4, -0.2) is 23.0 Å². The molecule has 1 aliphatic rings. The summed E-state index contributed by atoms with van der Waals surface area (Å²) in [5.41, 5.74) is 1.35. The molecule has 0 spiro atoms. The highest BCUT2D eigenvalue weighted by atomic mass is 79.9. The highest BCUT2D eigenvalue weighted by Crippen LogP contribution is 2.33. The summed E-state index contributed by atoms with van der Waals surface area (Å²) < 4.78 is 1.01. The number of aromatic nitrogens is 1. The van der Waals surface area contributed by atoms with Crippen LogP contribution in [0.1, 0.15) is 37.8 Å². The number of hydrogen-bond acceptors (Lipinski definition) is 2. The van der Waals surface area contributed by atoms with Gasteiger partial charge in [-0.15, -0.1) is 0 Å². The molecule has 0 aliphatic carbocycles. The third-order valence-corrected chi connectivity index (χ3v) is 3.83. The zero-order valence-electron chi connectivity index (χ0n) is 9.12. The molecule has 0 N–H and O–H groups in total. The number of nitrogens with zero attached hydrogens (tertiary/aromatic N) is 2. The standard InChI is InChI=1S/C12H17BrN2/c1-2-15-9-4-3-7-11(15)10-6-5-8-14-12(10)13/h5-6,8,11H,2-4,7,9H2,1H3. The van der Waals surface area contributed by atoms with Crippen LogP contribution in [0.15, 0.2) is 22.9 Å². The molecule has 0 aromatic carbocycles. The lowest BCUT2D eigenvalue weighted by Gasteiger charge is -2.35. The van der Waals surface area contributed by atoms with E-state index in [0.29, 0.717) is 6.04 Å². The third-order valence-electron chi connectivity index (χ3n) is 3.17. The molecule has 0 amide bonds. The Kier molecular flexibility index (Phi) is 3.76. The van der Waals surface area contributed by atoms with Crippen LogP contribution in [0.4, 0.5) is 0 Å². The van der Waals surface area contributed by atoms with Crippen molar-refractivity contribution in [2.75, 3.05) is 13.1 Å². The fourth-order valence-electron chi connectivity index (χ4n) is 2.37. The van der Waals surface area contributed by atoms with Gasteiger partial charge in [0.05, 0.1) is 0 Å². The monoisotopic (exact) mass is 268 g/mol. The minimum absolute atomic E-state index is 0.562. The Balaban J connectivity index is 2.24. The Bertz CT molecular complexity index is 327. The summed E-state index contributed by atoms with van der Waals surface area (Å²) in [7, 11) is 0. The Morgan fingerprint density at radius 3 is 3.13 bits per heavy atom. The van der Waals surface area contributed by atoms with Gasteiger partial charge in [0.1, 0.15) is 4.60 Å². The number of likely N-dealkylation sites (tertiary alicyclic amines) is 1. The molecule has 15 heavy (non-hydrogen) atoms. The van der Waals surface area contributed by atoms with E-state index in [1.54, 1.807) is 0 Å². The lowest BCUT2D eigenvalue weighted by atomic mass is 9.96. The molecule has 1 atom stereocenters. The maximum atomic E-state index is 4.31. The number of rotatable bonds is 2. The maximum Gasteiger partial charge on any atom is 0.110 e. The van der Waals surface area contributed by atoms with Gasteiger partial charge in [0, 0.05) is 17.8 Å². The predicted octanol–water partition coefficient (Wildman–Crippen LogP) is 3.39. The largest absolute Gasteiger partial charge is 0.297 e. The summed E-state index contributed by atoms with van der Waals surface area (Å²) in [5.74, 6) is 0. The first-order valence-electron chi connectivity index (χ1n) is 5.67. The lowest BCUT2D eigenvalue weighted by Crippen LogP contribution is -2.33. The van der Waals surface area contributed by atoms with E-state index >= 15 is 0 Å². The van der Waals surface area contributed by atoms with Crippen LogP contribution < -0.4 is 0 Å². The summed E-state index contributed by atoms with van der Waals surface area (Å²) in [6.45, 7) is 4.59. The molecule has 1 aromatic heterocycles. The smallest absolute Gasteiger partial charge is 0.110 e. The van der Waals surface area contributed by atoms with E-state index < -0.39 is 0 Å². The molecule has 1 aromatic rings. The summed E-state index contributed by atoms with van der Waals surface area (Å²) >= 11 is 3.55. The van der Waals surface area contributed by atoms with Crippen LogP contribution in [-0.2, 0) is 0 Å². The van der Waals surface area contributed by atoms with Gasteiger partial charge >= 0.3 is 0 Å². The zero-order valence-corrected chi connectivity index (χ0v) is 10.7. The zero-order chi connectivity index (χ0) is 10.7. The van der Waals surface area contributed by atoms with Crippen molar-refractivity contribution in [3.8, 4) is 0 Å². The van der Waals surface area contributed by atoms with E-state index in [9.17, 15) is 0 Å². The average molecular weight is 269 g/mol. The van der Waals surface area contributed by atoms with Crippen molar-refractivity contribution in [1.82, 2.24) is 9.88 Å². The SMILES string of the molecule is CCN1CCCCC1c1cccnc1Br. The Morgan fingerprint density at radius 2 is 2.40 bits per heavy atom. The van der Waals surface area contributed by atoms with Crippen molar-refractivity contribution in [1.29, 1.82) is 0 Å². The van der Waals surface area contributed by atoms with Gasteiger partial charge in [-0.2, -0.15) is 0 Å². The van der Waals surface area contributed by atoms with Crippen LogP contribution >= 0.6 is 15.9 Å². The molecule has 1 saturated heterocycles. The van der Waals surface area contributed by atoms with Gasteiger partial charge in [-0.1, -0.05) is 19.4 Å². The molecule has 3 heteroatoms. The third kappa shape index (κ3) is 2.40. The van der Waals surface area contributed by atoms with Gasteiger partial charge < -0.3 is 0 Å². The van der Waals surface area contributed by atoms with Crippen LogP contribution in [0.2, 0.25) is 0 Å². The summed E-state index contributed by atoms with van der Waals surface area (Å²) in [6, 6.07) is 4.78. The van der Waals surface area contributed by atoms with Crippen molar-refractivity contribution < 1.29 is 0 Å². The summed E-state index contributed by atoms with van der Waals surface area (Å²) in [4.78, 5) is 6.86. The molecule has 0 radical (unpaired) electrons. The van der Waals surface area contributed by atoms with E-state index in [-0.39, 0.29) is 0 Å². The van der Waals surface area contributed by atoms with Gasteiger partial charge in [-0.05, 0) is 47.9 Å². The van der Waals surface area contributed by atoms with E-state index in [2.05, 4.69) is 38.8 Å². The van der Waals surface area contributed by atoms with E-state index in [1.165, 1.54) is 31.4 Å². The summed E-state index contributed by atoms with van der Waals surface area (Å²) in [6.07, 6.45) is 5.77. The second-order valence-electron chi connectivity index (χ2n) is 4.02. The first kappa shape index (κ1) is 11.1. The number of halogens is 1. The quantitative estimate of drug-likeness (QED) is 0.765. The fraction of sp³-hybridized carbons (Fsp3) is 0.583. The molecule has 1 unspecified atom stereocenters. The molecular weight excluding hydrogens is 252 g/mol. The highest BCUT2D eigenvalue weighted by Gasteiger charge is 2.24. The fourth-order valence-corrected chi connectivity index (χ4v) is 2.88. The molecule has 2 nitrogen and oxygen atoms in total. The topological polar surface area (TPSA) is 16.1 Å². The van der Waals surface area contributed by atoms with Crippen LogP contribution in [0.5, 0.6) is 0 Å². The average Bonchev–Trinajstić information content (AvgIpc) is 2.30. The molecule has 0 bridgehead atoms. The van der Waals surface area contributed by atoms with Gasteiger partial charge in [0.25, 0.3) is 0 Å². The Morgan fingerprint density at radius 1 is 1.53 bits per heavy atom. The molecule has 82 valence electrons. The van der Waals surface area contributed by atoms with Crippen LogP contribution in [0.3, 0.4) is 0 Å². The van der Waals surface area contributed by atoms with Crippen molar-refractivity contribution in [2.24, 2.45) is 0 Å². The Labute approximate surface area is 99.8 Å². The minimum atomic E-state index is 0.562. The van der Waals surface area contributed by atoms with Crippen molar-refractivity contribution in [3.63, 3.8) is 0 Å². The molecule has 2 heterocycles. The lowest BCUT2D eigenvalue weighted by molar-refractivity contribution is 0.156. The second kappa shape index (κ2) is 5.08. The van der Waals surface area contributed by atoms with Gasteiger partial charge in [0.15, 0.2) is 0 Å². The predicted molar refractivity (Wildman–Crippen MR) is 65.8 cm³/mol. The number of pyridine rings is 1. The Hall–Kier alpha value is -0.410. The highest BCUT2D eigenvalue weighted by molar-refractivity contribution is 9.10. The molecule has 0 saturated carbocycles. The first-order valence-corrected chi connectivity index (χ1v) is 6.46. The first-order chi connectivity index (χ1) is 7.33. The summed E-state index contributed by atoms with van der Waals surface area (Å²) in [5, 5.41) is 0. The normalized spacial score (nSPS) is 22.9. The van der Waals surface area contributed by atoms with E-state index in [4.69, 9.17) is 0 Å². The van der Waals surface area contributed by atoms with Crippen molar-refractivity contribution in [2.45, 2.75) is 32.2 Å². The van der Waals surface area contributed by atoms with Crippen LogP contribution in [0.25, 0.3) is 0 Å². The second-order valence-corrected chi connectivity index (χ2v) is 4.77. The van der Waals surface area contributed by atoms with Crippen LogP contribution in [0, 0.1) is 0 Å². The molecule has 1 aliphatic heterocycles. The van der Waals surface area contributed by atoms with Gasteiger partial charge in [-0.3, -0.25) is 4.90 Å². The molecule has 2 rings (SSSR count). The van der Waals surface area contributed by atoms with E-state index in [0.717, 1.165) is 11.1 Å². The van der Waals surface area contributed by atoms with Crippen molar-refractivity contribution >= 4 is 15.9 Å². The van der Waals surface area contributed by atoms with Gasteiger partial charge in [0.2, 0.25) is 0 Å². The van der Waals surface area contributed by atoms with E-state index in [1.807, 2.05) is 12.3 Å². The van der Waals surface area contributed by atoms with Crippen molar-refractivity contribution in [3.05, 3.63) is 28.5 Å². The minimum Gasteiger partial charge on any atom is -0.297 e. The number of piperidine rings is 1. The van der Waals surface area contributed by atoms with Gasteiger partial charge in [-0.25, -0.2) is 4.98 Å². The molecule has 1 fully saturated rings.